The Kier molecular flexibility index (Phi) is 7.39. The first kappa shape index (κ1) is 27.9. The number of nitrogens with one attached hydrogen (secondary N) is 3. The third-order valence-corrected chi connectivity index (χ3v) is 9.18. The number of fused-ring (bicyclic) bond motifs is 1. The second kappa shape index (κ2) is 10.9. The predicted octanol–water partition coefficient (Wildman–Crippen LogP) is 4.69. The van der Waals surface area contributed by atoms with E-state index in [2.05, 4.69) is 49.5 Å². The SMILES string of the molecule is C=C1CN(CC23CC2(C(=O)Nc2cc(Nc4cc(-c5cc(Cl)ccc5F)nnc4SCCO)ccn2)C3)CC(C)N1. The average molecular weight is 596 g/mol. The molecule has 1 saturated heterocycles. The molecule has 1 unspecified atom stereocenters. The van der Waals surface area contributed by atoms with Crippen molar-refractivity contribution in [1.82, 2.24) is 25.4 Å². The highest BCUT2D eigenvalue weighted by atomic mass is 35.5. The number of aliphatic hydroxyl groups is 1. The summed E-state index contributed by atoms with van der Waals surface area (Å²) in [7, 11) is 0. The third-order valence-electron chi connectivity index (χ3n) is 7.98. The van der Waals surface area contributed by atoms with Gasteiger partial charge < -0.3 is 21.1 Å². The van der Waals surface area contributed by atoms with E-state index < -0.39 is 5.82 Å². The standard InChI is InChI=1S/C29H31ClFN7O2S/c1-17-12-38(13-18(2)33-17)16-28-14-29(28,15-28)27(40)35-25-10-20(5-6-32-25)34-24-11-23(36-37-26(24)41-8-7-39)21-9-19(30)3-4-22(21)31/h3-6,9-11,18,33,39H,1,7-8,12-16H2,2H3,(H2,32,34,35,36,40). The summed E-state index contributed by atoms with van der Waals surface area (Å²) in [6, 6.07) is 9.82. The van der Waals surface area contributed by atoms with Crippen LogP contribution in [0.25, 0.3) is 11.3 Å². The predicted molar refractivity (Wildman–Crippen MR) is 159 cm³/mol. The molecule has 9 nitrogen and oxygen atoms in total. The first-order valence-corrected chi connectivity index (χ1v) is 14.8. The van der Waals surface area contributed by atoms with Gasteiger partial charge in [0.05, 0.1) is 23.4 Å². The van der Waals surface area contributed by atoms with E-state index in [9.17, 15) is 14.3 Å². The molecule has 1 aliphatic heterocycles. The van der Waals surface area contributed by atoms with Crippen molar-refractivity contribution < 1.29 is 14.3 Å². The number of carbonyl (C=O) groups is 1. The van der Waals surface area contributed by atoms with Gasteiger partial charge in [-0.2, -0.15) is 0 Å². The Hall–Kier alpha value is -3.25. The Labute approximate surface area is 247 Å². The molecular formula is C29H31ClFN7O2S. The molecule has 0 spiro atoms. The number of aliphatic hydroxyl groups excluding tert-OH is 1. The minimum absolute atomic E-state index is 0.00708. The van der Waals surface area contributed by atoms with Gasteiger partial charge in [-0.05, 0) is 55.5 Å². The van der Waals surface area contributed by atoms with Crippen LogP contribution in [0.2, 0.25) is 5.02 Å². The zero-order chi connectivity index (χ0) is 28.8. The highest BCUT2D eigenvalue weighted by molar-refractivity contribution is 7.99. The van der Waals surface area contributed by atoms with Crippen LogP contribution >= 0.6 is 23.4 Å². The molecule has 12 heteroatoms. The molecule has 3 aromatic rings. The van der Waals surface area contributed by atoms with Crippen LogP contribution < -0.4 is 16.0 Å². The lowest BCUT2D eigenvalue weighted by molar-refractivity contribution is -0.119. The molecular weight excluding hydrogens is 565 g/mol. The largest absolute Gasteiger partial charge is 0.396 e. The van der Waals surface area contributed by atoms with Crippen LogP contribution in [0.5, 0.6) is 0 Å². The second-order valence-corrected chi connectivity index (χ2v) is 12.7. The zero-order valence-corrected chi connectivity index (χ0v) is 24.2. The quantitative estimate of drug-likeness (QED) is 0.248. The fraction of sp³-hybridized carbons (Fsp3) is 0.379. The molecule has 1 aromatic carbocycles. The molecule has 214 valence electrons. The second-order valence-electron chi connectivity index (χ2n) is 11.2. The van der Waals surface area contributed by atoms with Gasteiger partial charge in [-0.3, -0.25) is 9.69 Å². The van der Waals surface area contributed by atoms with E-state index in [-0.39, 0.29) is 28.9 Å². The maximum absolute atomic E-state index is 14.5. The van der Waals surface area contributed by atoms with Crippen LogP contribution in [0.1, 0.15) is 19.8 Å². The summed E-state index contributed by atoms with van der Waals surface area (Å²) >= 11 is 7.41. The normalized spacial score (nSPS) is 24.8. The van der Waals surface area contributed by atoms with Crippen molar-refractivity contribution >= 4 is 46.5 Å². The number of hydrogen-bond donors (Lipinski definition) is 4. The van der Waals surface area contributed by atoms with Gasteiger partial charge in [0.25, 0.3) is 0 Å². The number of amides is 1. The number of hydrogen-bond acceptors (Lipinski definition) is 9. The molecule has 41 heavy (non-hydrogen) atoms. The van der Waals surface area contributed by atoms with E-state index in [0.29, 0.717) is 44.7 Å². The first-order chi connectivity index (χ1) is 19.7. The highest BCUT2D eigenvalue weighted by Crippen LogP contribution is 2.86. The Morgan fingerprint density at radius 1 is 1.29 bits per heavy atom. The number of rotatable bonds is 10. The van der Waals surface area contributed by atoms with Crippen LogP contribution in [-0.2, 0) is 4.79 Å². The summed E-state index contributed by atoms with van der Waals surface area (Å²) in [4.78, 5) is 20.1. The van der Waals surface area contributed by atoms with Crippen molar-refractivity contribution in [2.24, 2.45) is 10.8 Å². The Morgan fingerprint density at radius 3 is 2.90 bits per heavy atom. The van der Waals surface area contributed by atoms with Crippen molar-refractivity contribution in [3.63, 3.8) is 0 Å². The minimum atomic E-state index is -0.466. The van der Waals surface area contributed by atoms with E-state index in [1.54, 1.807) is 24.4 Å². The van der Waals surface area contributed by atoms with E-state index >= 15 is 0 Å². The Balaban J connectivity index is 1.16. The van der Waals surface area contributed by atoms with Gasteiger partial charge in [0.15, 0.2) is 0 Å². The maximum Gasteiger partial charge on any atom is 0.232 e. The number of benzene rings is 1. The molecule has 1 amide bonds. The molecule has 3 aliphatic rings. The first-order valence-electron chi connectivity index (χ1n) is 13.5. The van der Waals surface area contributed by atoms with Gasteiger partial charge >= 0.3 is 0 Å². The van der Waals surface area contributed by atoms with Crippen molar-refractivity contribution in [2.45, 2.75) is 30.8 Å². The summed E-state index contributed by atoms with van der Waals surface area (Å²) in [5.41, 5.74) is 2.54. The van der Waals surface area contributed by atoms with Gasteiger partial charge in [-0.15, -0.1) is 22.0 Å². The highest BCUT2D eigenvalue weighted by Gasteiger charge is 2.86. The van der Waals surface area contributed by atoms with Crippen LogP contribution in [0.3, 0.4) is 0 Å². The van der Waals surface area contributed by atoms with E-state index in [0.717, 1.165) is 38.2 Å². The molecule has 3 heterocycles. The van der Waals surface area contributed by atoms with Gasteiger partial charge in [-0.25, -0.2) is 9.37 Å². The molecule has 1 atom stereocenters. The number of aromatic nitrogens is 3. The van der Waals surface area contributed by atoms with Gasteiger partial charge in [0.2, 0.25) is 5.91 Å². The topological polar surface area (TPSA) is 115 Å². The van der Waals surface area contributed by atoms with Crippen LogP contribution in [0.15, 0.2) is 59.9 Å². The number of piperazine rings is 1. The fourth-order valence-corrected chi connectivity index (χ4v) is 6.72. The molecule has 3 fully saturated rings. The zero-order valence-electron chi connectivity index (χ0n) is 22.6. The lowest BCUT2D eigenvalue weighted by Gasteiger charge is -2.34. The van der Waals surface area contributed by atoms with E-state index in [1.807, 2.05) is 0 Å². The number of carbonyl (C=O) groups excluding carboxylic acids is 1. The van der Waals surface area contributed by atoms with E-state index in [4.69, 9.17) is 11.6 Å². The molecule has 2 saturated carbocycles. The van der Waals surface area contributed by atoms with Gasteiger partial charge in [0.1, 0.15) is 16.7 Å². The molecule has 6 rings (SSSR count). The fourth-order valence-electron chi connectivity index (χ4n) is 5.90. The number of anilines is 3. The van der Waals surface area contributed by atoms with E-state index in [1.165, 1.54) is 30.0 Å². The molecule has 0 radical (unpaired) electrons. The summed E-state index contributed by atoms with van der Waals surface area (Å²) in [5, 5.41) is 28.4. The lowest BCUT2D eigenvalue weighted by atomic mass is 10.1. The number of halogens is 2. The van der Waals surface area contributed by atoms with Gasteiger partial charge in [-0.1, -0.05) is 18.2 Å². The minimum Gasteiger partial charge on any atom is -0.396 e. The maximum atomic E-state index is 14.5. The molecule has 4 N–H and O–H groups in total. The van der Waals surface area contributed by atoms with Crippen molar-refractivity contribution in [3.05, 3.63) is 65.7 Å². The monoisotopic (exact) mass is 595 g/mol. The summed E-state index contributed by atoms with van der Waals surface area (Å²) in [5.74, 6) is 0.398. The van der Waals surface area contributed by atoms with Crippen molar-refractivity contribution in [1.29, 1.82) is 0 Å². The number of pyridine rings is 1. The van der Waals surface area contributed by atoms with Crippen LogP contribution in [-0.4, -0.2) is 69.1 Å². The molecule has 2 aliphatic carbocycles. The lowest BCUT2D eigenvalue weighted by Crippen LogP contribution is -2.48. The van der Waals surface area contributed by atoms with Crippen LogP contribution in [0, 0.1) is 16.6 Å². The summed E-state index contributed by atoms with van der Waals surface area (Å²) in [6.45, 7) is 8.86. The average Bonchev–Trinajstić information content (AvgIpc) is 3.76. The molecule has 2 aromatic heterocycles. The Bertz CT molecular complexity index is 1520. The van der Waals surface area contributed by atoms with Crippen molar-refractivity contribution in [3.8, 4) is 11.3 Å². The smallest absolute Gasteiger partial charge is 0.232 e. The summed E-state index contributed by atoms with van der Waals surface area (Å²) < 4.78 is 14.5. The number of nitrogens with zero attached hydrogens (tertiary/aromatic N) is 4. The number of thioether (sulfide) groups is 1. The third kappa shape index (κ3) is 5.63. The van der Waals surface area contributed by atoms with Crippen molar-refractivity contribution in [2.75, 3.05) is 42.6 Å². The summed E-state index contributed by atoms with van der Waals surface area (Å²) in [6.07, 6.45) is 3.40. The van der Waals surface area contributed by atoms with Gasteiger partial charge in [0, 0.05) is 65.7 Å². The van der Waals surface area contributed by atoms with Crippen LogP contribution in [0.4, 0.5) is 21.6 Å². The molecule has 0 bridgehead atoms. The Morgan fingerprint density at radius 2 is 2.12 bits per heavy atom.